The quantitative estimate of drug-likeness (QED) is 0.350. The fraction of sp³-hybridized carbons (Fsp3) is 1.00. The molecule has 0 heterocycles. The van der Waals surface area contributed by atoms with Gasteiger partial charge in [0.15, 0.2) is 0 Å². The van der Waals surface area contributed by atoms with Crippen LogP contribution in [0.15, 0.2) is 0 Å². The average Bonchev–Trinajstić information content (AvgIpc) is 2.40. The van der Waals surface area contributed by atoms with Gasteiger partial charge in [0.1, 0.15) is 0 Å². The van der Waals surface area contributed by atoms with Gasteiger partial charge in [0.2, 0.25) is 0 Å². The maximum absolute atomic E-state index is 2.38. The second-order valence-corrected chi connectivity index (χ2v) is 21.5. The van der Waals surface area contributed by atoms with Gasteiger partial charge in [-0.3, -0.25) is 0 Å². The average molecular weight is 291 g/mol. The number of rotatable bonds is 12. The summed E-state index contributed by atoms with van der Waals surface area (Å²) >= 11 is 0. The zero-order valence-corrected chi connectivity index (χ0v) is 16.8. The first-order chi connectivity index (χ1) is 8.54. The van der Waals surface area contributed by atoms with Crippen molar-refractivity contribution in [2.45, 2.75) is 79.1 Å². The van der Waals surface area contributed by atoms with Crippen LogP contribution in [-0.4, -0.2) is 34.6 Å². The van der Waals surface area contributed by atoms with Crippen molar-refractivity contribution < 1.29 is 0 Å². The van der Waals surface area contributed by atoms with Gasteiger partial charge < -0.3 is 0 Å². The molecule has 0 aromatic heterocycles. The minimum absolute atomic E-state index is 1.22. The van der Waals surface area contributed by atoms with Gasteiger partial charge in [-0.15, -0.1) is 0 Å². The topological polar surface area (TPSA) is 0 Å². The second-order valence-electron chi connectivity index (χ2n) is 6.92. The molecule has 0 rings (SSSR count). The van der Waals surface area contributed by atoms with Gasteiger partial charge in [0.25, 0.3) is 0 Å². The Kier molecular flexibility index (Phi) is 9.88. The normalized spacial score (nSPS) is 14.6. The molecule has 0 unspecified atom stereocenters. The molecule has 0 aliphatic carbocycles. The van der Waals surface area contributed by atoms with Crippen molar-refractivity contribution in [3.05, 3.63) is 0 Å². The molecular weight excluding hydrogens is 251 g/mol. The van der Waals surface area contributed by atoms with E-state index in [-0.39, 0.29) is 0 Å². The summed E-state index contributed by atoms with van der Waals surface area (Å²) in [7, 11) is 1.54. The molecule has 0 aliphatic heterocycles. The maximum atomic E-state index is 2.38. The van der Waals surface area contributed by atoms with Crippen LogP contribution in [0.3, 0.4) is 0 Å². The summed E-state index contributed by atoms with van der Waals surface area (Å²) in [6, 6.07) is 0. The van der Waals surface area contributed by atoms with Crippen molar-refractivity contribution in [1.82, 2.24) is 0 Å². The molecule has 0 aromatic carbocycles. The number of hydrogen-bond acceptors (Lipinski definition) is 0. The first-order valence-corrected chi connectivity index (χ1v) is 14.6. The third kappa shape index (κ3) is 6.71. The molecule has 0 bridgehead atoms. The summed E-state index contributed by atoms with van der Waals surface area (Å²) < 4.78 is 0. The van der Waals surface area contributed by atoms with Crippen molar-refractivity contribution in [2.24, 2.45) is 0 Å². The zero-order valence-electron chi connectivity index (χ0n) is 13.9. The Bertz CT molecular complexity index is 160. The Labute approximate surface area is 120 Å². The van der Waals surface area contributed by atoms with Crippen LogP contribution in [-0.2, 0) is 0 Å². The van der Waals surface area contributed by atoms with E-state index in [1.165, 1.54) is 61.3 Å². The van der Waals surface area contributed by atoms with Crippen LogP contribution in [0.1, 0.15) is 79.1 Å². The Balaban J connectivity index is 4.82. The molecule has 0 N–H and O–H groups in total. The van der Waals surface area contributed by atoms with E-state index in [1.807, 2.05) is 0 Å². The van der Waals surface area contributed by atoms with Gasteiger partial charge >= 0.3 is 120 Å². The monoisotopic (exact) mass is 290 g/mol. The molecule has 18 heavy (non-hydrogen) atoms. The SMILES string of the molecule is CCCCP([SiH3])(CCCC)(CCCC)CCCC. The van der Waals surface area contributed by atoms with Crippen molar-refractivity contribution in [3.63, 3.8) is 0 Å². The molecule has 0 spiro atoms. The van der Waals surface area contributed by atoms with Gasteiger partial charge in [-0.1, -0.05) is 0 Å². The molecule has 2 heteroatoms. The molecule has 112 valence electrons. The number of hydrogen-bond donors (Lipinski definition) is 0. The molecule has 0 amide bonds. The van der Waals surface area contributed by atoms with E-state index in [9.17, 15) is 0 Å². The fourth-order valence-corrected chi connectivity index (χ4v) is 13.6. The van der Waals surface area contributed by atoms with Crippen molar-refractivity contribution in [3.8, 4) is 0 Å². The molecule has 0 aromatic rings. The molecule has 0 atom stereocenters. The van der Waals surface area contributed by atoms with Gasteiger partial charge in [-0.05, 0) is 0 Å². The van der Waals surface area contributed by atoms with E-state index in [0.29, 0.717) is 0 Å². The molecule has 0 fully saturated rings. The minimum atomic E-state index is -1.22. The van der Waals surface area contributed by atoms with Gasteiger partial charge in [-0.25, -0.2) is 0 Å². The van der Waals surface area contributed by atoms with Crippen molar-refractivity contribution >= 4 is 16.1 Å². The van der Waals surface area contributed by atoms with Crippen LogP contribution in [0.4, 0.5) is 0 Å². The van der Waals surface area contributed by atoms with Gasteiger partial charge in [0.05, 0.1) is 0 Å². The zero-order chi connectivity index (χ0) is 13.9. The van der Waals surface area contributed by atoms with E-state index >= 15 is 0 Å². The van der Waals surface area contributed by atoms with E-state index in [0.717, 1.165) is 0 Å². The van der Waals surface area contributed by atoms with Crippen LogP contribution in [0.25, 0.3) is 0 Å². The fourth-order valence-electron chi connectivity index (χ4n) is 3.28. The van der Waals surface area contributed by atoms with Gasteiger partial charge in [0, 0.05) is 0 Å². The van der Waals surface area contributed by atoms with Crippen LogP contribution in [0.2, 0.25) is 0 Å². The summed E-state index contributed by atoms with van der Waals surface area (Å²) in [5, 5.41) is 0. The summed E-state index contributed by atoms with van der Waals surface area (Å²) in [4.78, 5) is 0. The summed E-state index contributed by atoms with van der Waals surface area (Å²) in [5.41, 5.74) is 0. The van der Waals surface area contributed by atoms with Crippen molar-refractivity contribution in [2.75, 3.05) is 24.6 Å². The molecule has 0 aliphatic rings. The second kappa shape index (κ2) is 9.53. The predicted octanol–water partition coefficient (Wildman–Crippen LogP) is 5.02. The first kappa shape index (κ1) is 18.6. The Hall–Kier alpha value is 0.647. The van der Waals surface area contributed by atoms with Crippen LogP contribution >= 0.6 is 6.15 Å². The number of unbranched alkanes of at least 4 members (excludes halogenated alkanes) is 4. The van der Waals surface area contributed by atoms with Crippen molar-refractivity contribution in [1.29, 1.82) is 0 Å². The van der Waals surface area contributed by atoms with Gasteiger partial charge in [-0.2, -0.15) is 0 Å². The van der Waals surface area contributed by atoms with Crippen LogP contribution in [0, 0.1) is 0 Å². The third-order valence-corrected chi connectivity index (χ3v) is 17.1. The molecular formula is C16H39PSi. The molecule has 0 radical (unpaired) electrons. The van der Waals surface area contributed by atoms with Crippen LogP contribution < -0.4 is 0 Å². The Morgan fingerprint density at radius 3 is 0.944 bits per heavy atom. The molecule has 0 nitrogen and oxygen atoms in total. The first-order valence-electron chi connectivity index (χ1n) is 8.54. The summed E-state index contributed by atoms with van der Waals surface area (Å²) in [5.74, 6) is 0. The molecule has 0 saturated heterocycles. The van der Waals surface area contributed by atoms with E-state index < -0.39 is 6.15 Å². The Morgan fingerprint density at radius 1 is 0.556 bits per heavy atom. The van der Waals surface area contributed by atoms with Crippen LogP contribution in [0.5, 0.6) is 0 Å². The Morgan fingerprint density at radius 2 is 0.778 bits per heavy atom. The predicted molar refractivity (Wildman–Crippen MR) is 96.0 cm³/mol. The summed E-state index contributed by atoms with van der Waals surface area (Å²) in [6.45, 7) is 9.51. The molecule has 0 saturated carbocycles. The third-order valence-electron chi connectivity index (χ3n) is 4.84. The van der Waals surface area contributed by atoms with E-state index in [4.69, 9.17) is 0 Å². The standard InChI is InChI=1S/C16H39PSi/c1-5-9-13-17(18,14-10-6-2,15-11-7-3)16-12-8-4/h5-16H2,1-4,18H3. The van der Waals surface area contributed by atoms with E-state index in [1.54, 1.807) is 24.6 Å². The van der Waals surface area contributed by atoms with E-state index in [2.05, 4.69) is 27.7 Å². The summed E-state index contributed by atoms with van der Waals surface area (Å²) in [6.07, 6.45) is 17.0.